The normalized spacial score (nSPS) is 11.7. The van der Waals surface area contributed by atoms with E-state index in [0.717, 1.165) is 29.5 Å². The lowest BCUT2D eigenvalue weighted by atomic mass is 10.00. The Kier molecular flexibility index (Phi) is 9.25. The van der Waals surface area contributed by atoms with Gasteiger partial charge in [-0.1, -0.05) is 38.3 Å². The number of rotatable bonds is 11. The summed E-state index contributed by atoms with van der Waals surface area (Å²) in [6.45, 7) is 15.6. The van der Waals surface area contributed by atoms with Gasteiger partial charge in [0.15, 0.2) is 5.75 Å². The highest BCUT2D eigenvalue weighted by molar-refractivity contribution is 7.71. The van der Waals surface area contributed by atoms with Gasteiger partial charge in [0, 0.05) is 6.07 Å². The van der Waals surface area contributed by atoms with Gasteiger partial charge < -0.3 is 9.47 Å². The number of hydrogen-bond donors (Lipinski definition) is 0. The van der Waals surface area contributed by atoms with Crippen molar-refractivity contribution in [1.29, 1.82) is 0 Å². The van der Waals surface area contributed by atoms with Crippen LogP contribution < -0.4 is 14.8 Å². The zero-order chi connectivity index (χ0) is 23.1. The van der Waals surface area contributed by atoms with E-state index in [2.05, 4.69) is 27.7 Å². The maximum atomic E-state index is 13.3. The molecule has 0 bridgehead atoms. The third-order valence-electron chi connectivity index (χ3n) is 5.54. The van der Waals surface area contributed by atoms with E-state index in [9.17, 15) is 9.36 Å². The van der Waals surface area contributed by atoms with E-state index in [1.54, 1.807) is 24.3 Å². The van der Waals surface area contributed by atoms with Gasteiger partial charge in [0.1, 0.15) is 5.75 Å². The third kappa shape index (κ3) is 6.90. The van der Waals surface area contributed by atoms with Crippen molar-refractivity contribution in [3.63, 3.8) is 0 Å². The zero-order valence-corrected chi connectivity index (χ0v) is 20.8. The van der Waals surface area contributed by atoms with Crippen LogP contribution in [0.25, 0.3) is 0 Å². The number of ether oxygens (including phenoxy) is 2. The molecule has 1 unspecified atom stereocenters. The highest BCUT2D eigenvalue weighted by Gasteiger charge is 2.37. The van der Waals surface area contributed by atoms with E-state index in [1.165, 1.54) is 0 Å². The van der Waals surface area contributed by atoms with Gasteiger partial charge in [-0.05, 0) is 80.3 Å². The molecule has 0 fully saturated rings. The lowest BCUT2D eigenvalue weighted by Crippen LogP contribution is -2.13. The highest BCUT2D eigenvalue weighted by Crippen LogP contribution is 2.34. The lowest BCUT2D eigenvalue weighted by Gasteiger charge is -2.12. The monoisotopic (exact) mass is 443 g/mol. The summed E-state index contributed by atoms with van der Waals surface area (Å²) in [5.74, 6) is 2.18. The van der Waals surface area contributed by atoms with Crippen LogP contribution in [0.3, 0.4) is 0 Å². The van der Waals surface area contributed by atoms with Gasteiger partial charge in [0.25, 0.3) is 0 Å². The van der Waals surface area contributed by atoms with E-state index in [0.29, 0.717) is 47.4 Å². The average Bonchev–Trinajstić information content (AvgIpc) is 2.71. The summed E-state index contributed by atoms with van der Waals surface area (Å²) in [5, 5.41) is 0.428. The molecule has 4 nitrogen and oxygen atoms in total. The first kappa shape index (κ1) is 25.1. The summed E-state index contributed by atoms with van der Waals surface area (Å²) in [6.07, 6.45) is 1.82. The van der Waals surface area contributed by atoms with Gasteiger partial charge in [-0.15, -0.1) is 0 Å². The van der Waals surface area contributed by atoms with Crippen molar-refractivity contribution in [1.82, 2.24) is 0 Å². The summed E-state index contributed by atoms with van der Waals surface area (Å²) < 4.78 is 25.1. The average molecular weight is 444 g/mol. The molecular formula is C26H36O4P+. The van der Waals surface area contributed by atoms with Crippen LogP contribution in [0.2, 0.25) is 0 Å². The Bertz CT molecular complexity index is 931. The van der Waals surface area contributed by atoms with E-state index >= 15 is 0 Å². The predicted octanol–water partition coefficient (Wildman–Crippen LogP) is 6.75. The molecule has 0 radical (unpaired) electrons. The van der Waals surface area contributed by atoms with E-state index in [1.807, 2.05) is 26.8 Å². The van der Waals surface area contributed by atoms with E-state index < -0.39 is 7.80 Å². The third-order valence-corrected chi connectivity index (χ3v) is 6.96. The van der Waals surface area contributed by atoms with Crippen LogP contribution in [0.15, 0.2) is 30.3 Å². The summed E-state index contributed by atoms with van der Waals surface area (Å²) in [7, 11) is -2.31. The van der Waals surface area contributed by atoms with Crippen molar-refractivity contribution >= 4 is 18.6 Å². The number of carbonyl (C=O) groups is 1. The second-order valence-corrected chi connectivity index (χ2v) is 10.4. The van der Waals surface area contributed by atoms with Crippen LogP contribution >= 0.6 is 7.80 Å². The van der Waals surface area contributed by atoms with Crippen LogP contribution in [0.4, 0.5) is 0 Å². The Balaban J connectivity index is 2.32. The smallest absolute Gasteiger partial charge is 0.462 e. The van der Waals surface area contributed by atoms with Gasteiger partial charge in [-0.3, -0.25) is 0 Å². The molecule has 0 heterocycles. The molecule has 0 aliphatic carbocycles. The Morgan fingerprint density at radius 2 is 1.48 bits per heavy atom. The quantitative estimate of drug-likeness (QED) is 0.360. The number of hydrogen-bond acceptors (Lipinski definition) is 4. The molecule has 31 heavy (non-hydrogen) atoms. The molecule has 0 aliphatic heterocycles. The molecule has 2 aromatic rings. The Morgan fingerprint density at radius 1 is 0.871 bits per heavy atom. The van der Waals surface area contributed by atoms with E-state index in [-0.39, 0.29) is 5.52 Å². The van der Waals surface area contributed by atoms with Crippen LogP contribution in [-0.4, -0.2) is 18.7 Å². The Labute approximate surface area is 188 Å². The first-order valence-electron chi connectivity index (χ1n) is 11.1. The Morgan fingerprint density at radius 3 is 2.10 bits per heavy atom. The SMILES string of the molecule is Cc1ccc(C(=O)[P+](=O)c2ccc(OCCC(C)C)cc2OCCC(C)C)c(C)c1C. The second kappa shape index (κ2) is 11.4. The fourth-order valence-corrected chi connectivity index (χ4v) is 4.31. The minimum Gasteiger partial charge on any atom is -0.493 e. The summed E-state index contributed by atoms with van der Waals surface area (Å²) in [5.41, 5.74) is 3.19. The number of carbonyl (C=O) groups excluding carboxylic acids is 1. The van der Waals surface area contributed by atoms with Crippen molar-refractivity contribution in [2.24, 2.45) is 11.8 Å². The summed E-state index contributed by atoms with van der Waals surface area (Å²) >= 11 is 0. The molecule has 168 valence electrons. The number of aryl methyl sites for hydroxylation is 1. The first-order chi connectivity index (χ1) is 14.6. The van der Waals surface area contributed by atoms with Gasteiger partial charge in [0.2, 0.25) is 5.30 Å². The van der Waals surface area contributed by atoms with Crippen LogP contribution in [0.5, 0.6) is 11.5 Å². The molecule has 2 aromatic carbocycles. The number of benzene rings is 2. The first-order valence-corrected chi connectivity index (χ1v) is 12.4. The standard InChI is InChI=1S/C26H36O4P/c1-17(2)12-14-29-22-9-11-25(24(16-22)30-15-13-18(3)4)31(28)26(27)23-10-8-19(5)20(6)21(23)7/h8-11,16-18H,12-15H2,1-7H3/q+1. The van der Waals surface area contributed by atoms with Crippen molar-refractivity contribution in [2.75, 3.05) is 13.2 Å². The van der Waals surface area contributed by atoms with Crippen molar-refractivity contribution in [3.8, 4) is 11.5 Å². The molecule has 5 heteroatoms. The van der Waals surface area contributed by atoms with Crippen LogP contribution in [0, 0.1) is 32.6 Å². The highest BCUT2D eigenvalue weighted by atomic mass is 31.1. The van der Waals surface area contributed by atoms with Crippen molar-refractivity contribution in [2.45, 2.75) is 61.3 Å². The van der Waals surface area contributed by atoms with Gasteiger partial charge in [0.05, 0.1) is 18.8 Å². The van der Waals surface area contributed by atoms with Gasteiger partial charge in [-0.25, -0.2) is 4.79 Å². The molecule has 2 rings (SSSR count). The van der Waals surface area contributed by atoms with Crippen LogP contribution in [-0.2, 0) is 4.57 Å². The molecule has 0 saturated heterocycles. The summed E-state index contributed by atoms with van der Waals surface area (Å²) in [6, 6.07) is 8.94. The molecule has 0 saturated carbocycles. The molecule has 0 spiro atoms. The van der Waals surface area contributed by atoms with E-state index in [4.69, 9.17) is 9.47 Å². The van der Waals surface area contributed by atoms with Crippen LogP contribution in [0.1, 0.15) is 67.6 Å². The lowest BCUT2D eigenvalue weighted by molar-refractivity contribution is 0.107. The molecule has 0 amide bonds. The summed E-state index contributed by atoms with van der Waals surface area (Å²) in [4.78, 5) is 13.1. The van der Waals surface area contributed by atoms with Crippen molar-refractivity contribution < 1.29 is 18.8 Å². The fourth-order valence-electron chi connectivity index (χ4n) is 3.09. The fraction of sp³-hybridized carbons (Fsp3) is 0.500. The molecule has 0 aliphatic rings. The minimum atomic E-state index is -2.31. The molecule has 0 aromatic heterocycles. The molecule has 0 N–H and O–H groups in total. The second-order valence-electron chi connectivity index (χ2n) is 8.97. The zero-order valence-electron chi connectivity index (χ0n) is 20.0. The maximum absolute atomic E-state index is 13.3. The van der Waals surface area contributed by atoms with Gasteiger partial charge >= 0.3 is 13.3 Å². The van der Waals surface area contributed by atoms with Gasteiger partial charge in [-0.2, -0.15) is 0 Å². The largest absolute Gasteiger partial charge is 0.493 e. The molecule has 1 atom stereocenters. The maximum Gasteiger partial charge on any atom is 0.462 e. The predicted molar refractivity (Wildman–Crippen MR) is 129 cm³/mol. The minimum absolute atomic E-state index is 0.363. The molecular weight excluding hydrogens is 407 g/mol. The topological polar surface area (TPSA) is 52.6 Å². The Hall–Kier alpha value is -2.19. The van der Waals surface area contributed by atoms with Crippen molar-refractivity contribution in [3.05, 3.63) is 52.6 Å².